The number of aromatic nitrogens is 1. The topological polar surface area (TPSA) is 40.6 Å². The summed E-state index contributed by atoms with van der Waals surface area (Å²) >= 11 is 0. The van der Waals surface area contributed by atoms with Gasteiger partial charge in [-0.1, -0.05) is 0 Å². The summed E-state index contributed by atoms with van der Waals surface area (Å²) in [6.45, 7) is 8.98. The van der Waals surface area contributed by atoms with E-state index in [-0.39, 0.29) is 18.3 Å². The largest absolute Gasteiger partial charge is 0.496 e. The van der Waals surface area contributed by atoms with Gasteiger partial charge in [-0.25, -0.2) is 0 Å². The summed E-state index contributed by atoms with van der Waals surface area (Å²) in [6, 6.07) is 1.97. The zero-order valence-electron chi connectivity index (χ0n) is 12.7. The zero-order chi connectivity index (χ0) is 14.4. The fourth-order valence-electron chi connectivity index (χ4n) is 2.12. The Kier molecular flexibility index (Phi) is 3.29. The van der Waals surface area contributed by atoms with E-state index in [9.17, 15) is 0 Å². The van der Waals surface area contributed by atoms with Crippen LogP contribution in [-0.2, 0) is 9.31 Å². The Morgan fingerprint density at radius 2 is 1.85 bits per heavy atom. The third-order valence-corrected chi connectivity index (χ3v) is 4.44. The highest BCUT2D eigenvalue weighted by molar-refractivity contribution is 6.62. The van der Waals surface area contributed by atoms with Gasteiger partial charge in [0.2, 0.25) is 0 Å². The third-order valence-electron chi connectivity index (χ3n) is 4.44. The minimum atomic E-state index is -0.378. The van der Waals surface area contributed by atoms with Crippen LogP contribution in [0.25, 0.3) is 0 Å². The lowest BCUT2D eigenvalue weighted by molar-refractivity contribution is 0.00578. The van der Waals surface area contributed by atoms with Crippen molar-refractivity contribution in [1.29, 1.82) is 0 Å². The summed E-state index contributed by atoms with van der Waals surface area (Å²) in [5.41, 5.74) is 0.252. The first-order valence-electron chi connectivity index (χ1n) is 7.31. The van der Waals surface area contributed by atoms with Crippen LogP contribution in [-0.4, -0.2) is 29.9 Å². The Hall–Kier alpha value is -1.07. The van der Waals surface area contributed by atoms with Gasteiger partial charge in [-0.2, -0.15) is 0 Å². The molecule has 0 bridgehead atoms. The monoisotopic (exact) mass is 275 g/mol. The summed E-state index contributed by atoms with van der Waals surface area (Å²) in [5.74, 6) is 1.53. The highest BCUT2D eigenvalue weighted by Crippen LogP contribution is 2.36. The summed E-state index contributed by atoms with van der Waals surface area (Å²) in [6.07, 6.45) is 6.10. The average Bonchev–Trinajstić information content (AvgIpc) is 3.15. The van der Waals surface area contributed by atoms with Gasteiger partial charge >= 0.3 is 7.12 Å². The molecule has 3 rings (SSSR count). The van der Waals surface area contributed by atoms with E-state index in [0.29, 0.717) is 0 Å². The number of hydrogen-bond donors (Lipinski definition) is 0. The van der Waals surface area contributed by atoms with E-state index >= 15 is 0 Å². The molecule has 0 amide bonds. The second kappa shape index (κ2) is 4.74. The quantitative estimate of drug-likeness (QED) is 0.790. The number of ether oxygens (including phenoxy) is 1. The van der Waals surface area contributed by atoms with Gasteiger partial charge < -0.3 is 14.0 Å². The number of rotatable bonds is 4. The fraction of sp³-hybridized carbons (Fsp3) is 0.667. The Balaban J connectivity index is 1.72. The summed E-state index contributed by atoms with van der Waals surface area (Å²) in [7, 11) is -0.378. The lowest BCUT2D eigenvalue weighted by atomic mass is 9.80. The first kappa shape index (κ1) is 13.9. The molecule has 0 aromatic carbocycles. The molecule has 1 aliphatic carbocycles. The van der Waals surface area contributed by atoms with Crippen LogP contribution in [0.4, 0.5) is 0 Å². The zero-order valence-corrected chi connectivity index (χ0v) is 12.7. The first-order valence-corrected chi connectivity index (χ1v) is 7.31. The molecule has 1 aromatic heterocycles. The minimum absolute atomic E-state index is 0.331. The smallest absolute Gasteiger partial charge is 0.492 e. The molecule has 1 aromatic rings. The second-order valence-corrected chi connectivity index (χ2v) is 6.80. The van der Waals surface area contributed by atoms with Crippen molar-refractivity contribution in [3.05, 3.63) is 18.5 Å². The van der Waals surface area contributed by atoms with Gasteiger partial charge in [0.05, 0.1) is 24.0 Å². The van der Waals surface area contributed by atoms with Crippen LogP contribution in [0.2, 0.25) is 0 Å². The lowest BCUT2D eigenvalue weighted by Gasteiger charge is -2.32. The van der Waals surface area contributed by atoms with Gasteiger partial charge in [-0.05, 0) is 52.5 Å². The van der Waals surface area contributed by atoms with Gasteiger partial charge in [0.1, 0.15) is 5.75 Å². The fourth-order valence-corrected chi connectivity index (χ4v) is 2.12. The summed E-state index contributed by atoms with van der Waals surface area (Å²) < 4.78 is 17.8. The van der Waals surface area contributed by atoms with E-state index in [1.807, 2.05) is 33.8 Å². The Morgan fingerprint density at radius 3 is 2.45 bits per heavy atom. The van der Waals surface area contributed by atoms with Gasteiger partial charge in [0.25, 0.3) is 0 Å². The molecular formula is C15H22BNO3. The molecule has 20 heavy (non-hydrogen) atoms. The highest BCUT2D eigenvalue weighted by Gasteiger charge is 2.51. The maximum absolute atomic E-state index is 6.03. The van der Waals surface area contributed by atoms with Gasteiger partial charge in [-0.15, -0.1) is 0 Å². The Labute approximate surface area is 121 Å². The van der Waals surface area contributed by atoms with Crippen molar-refractivity contribution in [2.45, 2.75) is 51.7 Å². The van der Waals surface area contributed by atoms with Crippen molar-refractivity contribution in [3.63, 3.8) is 0 Å². The van der Waals surface area contributed by atoms with Crippen LogP contribution in [0.1, 0.15) is 40.5 Å². The van der Waals surface area contributed by atoms with Gasteiger partial charge in [0.15, 0.2) is 0 Å². The van der Waals surface area contributed by atoms with Crippen LogP contribution in [0.15, 0.2) is 18.5 Å². The van der Waals surface area contributed by atoms with Crippen molar-refractivity contribution in [2.24, 2.45) is 5.92 Å². The number of nitrogens with zero attached hydrogens (tertiary/aromatic N) is 1. The highest BCUT2D eigenvalue weighted by atomic mass is 16.7. The van der Waals surface area contributed by atoms with E-state index in [1.165, 1.54) is 12.8 Å². The molecule has 108 valence electrons. The van der Waals surface area contributed by atoms with Crippen LogP contribution >= 0.6 is 0 Å². The molecule has 0 spiro atoms. The first-order chi connectivity index (χ1) is 9.37. The van der Waals surface area contributed by atoms with Crippen molar-refractivity contribution in [2.75, 3.05) is 6.61 Å². The molecular weight excluding hydrogens is 253 g/mol. The molecule has 1 saturated carbocycles. The molecule has 5 heteroatoms. The maximum atomic E-state index is 6.03. The minimum Gasteiger partial charge on any atom is -0.492 e. The molecule has 2 aliphatic rings. The second-order valence-electron chi connectivity index (χ2n) is 6.80. The third kappa shape index (κ3) is 2.70. The van der Waals surface area contributed by atoms with Crippen molar-refractivity contribution in [1.82, 2.24) is 4.98 Å². The van der Waals surface area contributed by atoms with E-state index in [4.69, 9.17) is 14.0 Å². The number of pyridine rings is 1. The molecule has 0 N–H and O–H groups in total. The van der Waals surface area contributed by atoms with Gasteiger partial charge in [0, 0.05) is 11.7 Å². The van der Waals surface area contributed by atoms with E-state index in [1.54, 1.807) is 12.4 Å². The molecule has 0 radical (unpaired) electrons. The van der Waals surface area contributed by atoms with E-state index < -0.39 is 0 Å². The van der Waals surface area contributed by atoms with Crippen LogP contribution in [0.3, 0.4) is 0 Å². The van der Waals surface area contributed by atoms with Crippen molar-refractivity contribution < 1.29 is 14.0 Å². The standard InChI is InChI=1S/C15H22BNO3/c1-14(2)15(3,4)20-16(19-14)12-7-13(9-17-8-12)18-10-11-5-6-11/h7-9,11H,5-6,10H2,1-4H3. The Morgan fingerprint density at radius 1 is 1.20 bits per heavy atom. The Bertz CT molecular complexity index is 484. The van der Waals surface area contributed by atoms with Crippen LogP contribution in [0, 0.1) is 5.92 Å². The van der Waals surface area contributed by atoms with Crippen LogP contribution in [0.5, 0.6) is 5.75 Å². The number of hydrogen-bond acceptors (Lipinski definition) is 4. The SMILES string of the molecule is CC1(C)OB(c2cncc(OCC3CC3)c2)OC1(C)C. The normalized spacial score (nSPS) is 23.9. The molecule has 4 nitrogen and oxygen atoms in total. The van der Waals surface area contributed by atoms with E-state index in [2.05, 4.69) is 4.98 Å². The molecule has 2 fully saturated rings. The molecule has 0 unspecified atom stereocenters. The predicted molar refractivity (Wildman–Crippen MR) is 78.2 cm³/mol. The van der Waals surface area contributed by atoms with Gasteiger partial charge in [-0.3, -0.25) is 4.98 Å². The maximum Gasteiger partial charge on any atom is 0.496 e. The van der Waals surface area contributed by atoms with E-state index in [0.717, 1.165) is 23.7 Å². The summed E-state index contributed by atoms with van der Waals surface area (Å²) in [4.78, 5) is 4.24. The van der Waals surface area contributed by atoms with Crippen molar-refractivity contribution in [3.8, 4) is 5.75 Å². The average molecular weight is 275 g/mol. The summed E-state index contributed by atoms with van der Waals surface area (Å²) in [5, 5.41) is 0. The molecule has 1 saturated heterocycles. The molecule has 0 atom stereocenters. The molecule has 2 heterocycles. The van der Waals surface area contributed by atoms with Crippen LogP contribution < -0.4 is 10.2 Å². The lowest BCUT2D eigenvalue weighted by Crippen LogP contribution is -2.41. The van der Waals surface area contributed by atoms with Crippen molar-refractivity contribution >= 4 is 12.6 Å². The predicted octanol–water partition coefficient (Wildman–Crippen LogP) is 2.17. The molecule has 1 aliphatic heterocycles.